The predicted molar refractivity (Wildman–Crippen MR) is 94.2 cm³/mol. The summed E-state index contributed by atoms with van der Waals surface area (Å²) in [4.78, 5) is 14.9. The third-order valence-electron chi connectivity index (χ3n) is 3.46. The zero-order valence-corrected chi connectivity index (χ0v) is 14.8. The molecule has 0 aliphatic rings. The first kappa shape index (κ1) is 17.2. The van der Waals surface area contributed by atoms with E-state index in [0.717, 1.165) is 15.6 Å². The molecule has 3 aromatic rings. The number of carbonyl (C=O) groups is 1. The molecule has 0 aliphatic carbocycles. The lowest BCUT2D eigenvalue weighted by Crippen LogP contribution is -1.98. The molecule has 3 rings (SSSR count). The Balaban J connectivity index is 1.58. The van der Waals surface area contributed by atoms with Gasteiger partial charge in [0.15, 0.2) is 6.61 Å². The average molecular weight is 403 g/mol. The van der Waals surface area contributed by atoms with Gasteiger partial charge >= 0.3 is 5.97 Å². The van der Waals surface area contributed by atoms with Crippen LogP contribution in [0.15, 0.2) is 57.5 Å². The van der Waals surface area contributed by atoms with Crippen LogP contribution in [0.2, 0.25) is 0 Å². The number of aromatic nitrogens is 2. The fourth-order valence-electron chi connectivity index (χ4n) is 2.21. The van der Waals surface area contributed by atoms with Gasteiger partial charge in [-0.25, -0.2) is 0 Å². The summed E-state index contributed by atoms with van der Waals surface area (Å²) in [6.07, 6.45) is 0.607. The van der Waals surface area contributed by atoms with E-state index in [1.807, 2.05) is 36.4 Å². The highest BCUT2D eigenvalue weighted by atomic mass is 79.9. The first-order chi connectivity index (χ1) is 12.1. The lowest BCUT2D eigenvalue weighted by molar-refractivity contribution is -0.136. The van der Waals surface area contributed by atoms with Crippen molar-refractivity contribution >= 4 is 21.9 Å². The monoisotopic (exact) mass is 402 g/mol. The molecule has 128 valence electrons. The average Bonchev–Trinajstić information content (AvgIpc) is 3.08. The van der Waals surface area contributed by atoms with Crippen molar-refractivity contribution in [3.8, 4) is 17.1 Å². The molecule has 0 aliphatic heterocycles. The molecule has 0 bridgehead atoms. The zero-order chi connectivity index (χ0) is 17.6. The predicted octanol–water partition coefficient (Wildman–Crippen LogP) is 4.10. The van der Waals surface area contributed by atoms with E-state index in [1.54, 1.807) is 12.1 Å². The summed E-state index contributed by atoms with van der Waals surface area (Å²) >= 11 is 3.41. The van der Waals surface area contributed by atoms with Gasteiger partial charge < -0.3 is 14.4 Å². The third kappa shape index (κ3) is 4.90. The number of hydrogen-bond acceptors (Lipinski definition) is 5. The molecule has 0 amide bonds. The van der Waals surface area contributed by atoms with Crippen LogP contribution in [0, 0.1) is 0 Å². The number of aliphatic carboxylic acids is 1. The van der Waals surface area contributed by atoms with E-state index in [-0.39, 0.29) is 13.0 Å². The summed E-state index contributed by atoms with van der Waals surface area (Å²) in [6, 6.07) is 14.9. The summed E-state index contributed by atoms with van der Waals surface area (Å²) in [5.41, 5.74) is 1.80. The van der Waals surface area contributed by atoms with E-state index in [2.05, 4.69) is 26.1 Å². The van der Waals surface area contributed by atoms with Gasteiger partial charge in [0.2, 0.25) is 5.82 Å². The summed E-state index contributed by atoms with van der Waals surface area (Å²) in [6.45, 7) is 0.162. The molecule has 7 heteroatoms. The molecule has 6 nitrogen and oxygen atoms in total. The second-order valence-corrected chi connectivity index (χ2v) is 6.26. The van der Waals surface area contributed by atoms with Crippen LogP contribution in [0.4, 0.5) is 0 Å². The smallest absolute Gasteiger partial charge is 0.303 e. The number of halogens is 1. The topological polar surface area (TPSA) is 85.5 Å². The van der Waals surface area contributed by atoms with Crippen LogP contribution in [0.3, 0.4) is 0 Å². The zero-order valence-electron chi connectivity index (χ0n) is 13.2. The maximum Gasteiger partial charge on any atom is 0.303 e. The van der Waals surface area contributed by atoms with E-state index in [0.29, 0.717) is 23.9 Å². The Morgan fingerprint density at radius 1 is 1.20 bits per heavy atom. The Morgan fingerprint density at radius 2 is 2.00 bits per heavy atom. The molecule has 1 aromatic heterocycles. The highest BCUT2D eigenvalue weighted by Gasteiger charge is 2.09. The summed E-state index contributed by atoms with van der Waals surface area (Å²) < 4.78 is 11.8. The van der Waals surface area contributed by atoms with Gasteiger partial charge in [0.1, 0.15) is 5.75 Å². The highest BCUT2D eigenvalue weighted by molar-refractivity contribution is 9.10. The molecule has 0 spiro atoms. The number of aryl methyl sites for hydroxylation is 1. The van der Waals surface area contributed by atoms with Crippen LogP contribution < -0.4 is 4.74 Å². The Bertz CT molecular complexity index is 862. The summed E-state index contributed by atoms with van der Waals surface area (Å²) in [5, 5.41) is 12.6. The standard InChI is InChI=1S/C18H15BrN2O4/c19-14-3-1-2-13(10-14)18-20-16(25-21-18)11-24-15-7-4-12(5-8-15)6-9-17(22)23/h1-5,7-8,10H,6,9,11H2,(H,22,23). The van der Waals surface area contributed by atoms with Crippen molar-refractivity contribution in [3.63, 3.8) is 0 Å². The second kappa shape index (κ2) is 7.94. The van der Waals surface area contributed by atoms with Crippen LogP contribution in [0.5, 0.6) is 5.75 Å². The minimum absolute atomic E-state index is 0.112. The van der Waals surface area contributed by atoms with Gasteiger partial charge in [0.25, 0.3) is 5.89 Å². The number of carboxylic acid groups (broad SMARTS) is 1. The van der Waals surface area contributed by atoms with Crippen molar-refractivity contribution in [1.82, 2.24) is 10.1 Å². The van der Waals surface area contributed by atoms with Gasteiger partial charge in [-0.05, 0) is 36.2 Å². The van der Waals surface area contributed by atoms with Crippen molar-refractivity contribution in [1.29, 1.82) is 0 Å². The van der Waals surface area contributed by atoms with Crippen LogP contribution in [-0.2, 0) is 17.8 Å². The maximum atomic E-state index is 10.6. The molecule has 1 N–H and O–H groups in total. The maximum absolute atomic E-state index is 10.6. The lowest BCUT2D eigenvalue weighted by Gasteiger charge is -2.04. The van der Waals surface area contributed by atoms with Crippen LogP contribution in [-0.4, -0.2) is 21.2 Å². The van der Waals surface area contributed by atoms with E-state index in [1.165, 1.54) is 0 Å². The van der Waals surface area contributed by atoms with E-state index >= 15 is 0 Å². The second-order valence-electron chi connectivity index (χ2n) is 5.35. The van der Waals surface area contributed by atoms with Crippen LogP contribution in [0.1, 0.15) is 17.9 Å². The van der Waals surface area contributed by atoms with Crippen molar-refractivity contribution in [2.45, 2.75) is 19.4 Å². The summed E-state index contributed by atoms with van der Waals surface area (Å²) in [7, 11) is 0. The first-order valence-electron chi connectivity index (χ1n) is 7.62. The van der Waals surface area contributed by atoms with Crippen molar-refractivity contribution < 1.29 is 19.2 Å². The number of rotatable bonds is 7. The minimum Gasteiger partial charge on any atom is -0.484 e. The Morgan fingerprint density at radius 3 is 2.72 bits per heavy atom. The number of ether oxygens (including phenoxy) is 1. The number of nitrogens with zero attached hydrogens (tertiary/aromatic N) is 2. The number of carboxylic acids is 1. The van der Waals surface area contributed by atoms with Gasteiger partial charge in [-0.2, -0.15) is 4.98 Å². The number of hydrogen-bond donors (Lipinski definition) is 1. The fraction of sp³-hybridized carbons (Fsp3) is 0.167. The molecule has 2 aromatic carbocycles. The van der Waals surface area contributed by atoms with E-state index in [9.17, 15) is 4.79 Å². The molecule has 0 radical (unpaired) electrons. The third-order valence-corrected chi connectivity index (χ3v) is 3.96. The van der Waals surface area contributed by atoms with Crippen LogP contribution >= 0.6 is 15.9 Å². The molecule has 0 saturated carbocycles. The number of benzene rings is 2. The molecular formula is C18H15BrN2O4. The van der Waals surface area contributed by atoms with Gasteiger partial charge in [0, 0.05) is 16.5 Å². The first-order valence-corrected chi connectivity index (χ1v) is 8.41. The molecule has 1 heterocycles. The van der Waals surface area contributed by atoms with Crippen molar-refractivity contribution in [3.05, 3.63) is 64.5 Å². The van der Waals surface area contributed by atoms with Crippen LogP contribution in [0.25, 0.3) is 11.4 Å². The molecule has 0 saturated heterocycles. The van der Waals surface area contributed by atoms with Crippen molar-refractivity contribution in [2.24, 2.45) is 0 Å². The van der Waals surface area contributed by atoms with Gasteiger partial charge in [-0.15, -0.1) is 0 Å². The highest BCUT2D eigenvalue weighted by Crippen LogP contribution is 2.21. The fourth-order valence-corrected chi connectivity index (χ4v) is 2.61. The molecule has 25 heavy (non-hydrogen) atoms. The normalized spacial score (nSPS) is 10.6. The Hall–Kier alpha value is -2.67. The SMILES string of the molecule is O=C(O)CCc1ccc(OCc2nc(-c3cccc(Br)c3)no2)cc1. The summed E-state index contributed by atoms with van der Waals surface area (Å²) in [5.74, 6) is 0.730. The molecule has 0 unspecified atom stereocenters. The quantitative estimate of drug-likeness (QED) is 0.640. The van der Waals surface area contributed by atoms with Crippen molar-refractivity contribution in [2.75, 3.05) is 0 Å². The largest absolute Gasteiger partial charge is 0.484 e. The Labute approximate surface area is 152 Å². The Kier molecular flexibility index (Phi) is 5.45. The molecule has 0 atom stereocenters. The molecule has 0 fully saturated rings. The van der Waals surface area contributed by atoms with E-state index in [4.69, 9.17) is 14.4 Å². The lowest BCUT2D eigenvalue weighted by atomic mass is 10.1. The molecular weight excluding hydrogens is 388 g/mol. The van der Waals surface area contributed by atoms with E-state index < -0.39 is 5.97 Å². The van der Waals surface area contributed by atoms with Gasteiger partial charge in [-0.3, -0.25) is 4.79 Å². The van der Waals surface area contributed by atoms with Gasteiger partial charge in [0.05, 0.1) is 0 Å². The van der Waals surface area contributed by atoms with Gasteiger partial charge in [-0.1, -0.05) is 45.4 Å². The minimum atomic E-state index is -0.807.